The van der Waals surface area contributed by atoms with Gasteiger partial charge in [-0.15, -0.1) is 0 Å². The molecule has 0 radical (unpaired) electrons. The van der Waals surface area contributed by atoms with Crippen molar-refractivity contribution in [3.63, 3.8) is 0 Å². The zero-order valence-electron chi connectivity index (χ0n) is 17.7. The van der Waals surface area contributed by atoms with E-state index in [1.54, 1.807) is 23.1 Å². The van der Waals surface area contributed by atoms with Gasteiger partial charge in [0.05, 0.1) is 50.1 Å². The lowest BCUT2D eigenvalue weighted by molar-refractivity contribution is 0.0303. The molecule has 0 spiro atoms. The van der Waals surface area contributed by atoms with E-state index in [-0.39, 0.29) is 11.9 Å². The summed E-state index contributed by atoms with van der Waals surface area (Å²) in [5, 5.41) is 0. The number of benzene rings is 2. The third kappa shape index (κ3) is 4.39. The van der Waals surface area contributed by atoms with Crippen molar-refractivity contribution in [1.82, 2.24) is 14.5 Å². The summed E-state index contributed by atoms with van der Waals surface area (Å²) in [6.07, 6.45) is 0. The standard InChI is InChI=1S/C23H25N3O5/c1-3-31-23-24-19-9-8-18(21(27)25-10-12-30-13-11-25)14-20(19)26(23)15-16-4-6-17(7-5-16)22(28)29-2/h4-9,14H,3,10-13,15H2,1-2H3. The Morgan fingerprint density at radius 2 is 1.77 bits per heavy atom. The number of methoxy groups -OCH3 is 1. The van der Waals surface area contributed by atoms with Crippen LogP contribution in [0.5, 0.6) is 6.01 Å². The Bertz CT molecular complexity index is 1080. The number of nitrogens with zero attached hydrogens (tertiary/aromatic N) is 3. The minimum atomic E-state index is -0.374. The van der Waals surface area contributed by atoms with Crippen molar-refractivity contribution in [3.8, 4) is 6.01 Å². The molecule has 1 aliphatic heterocycles. The van der Waals surface area contributed by atoms with E-state index in [2.05, 4.69) is 4.98 Å². The van der Waals surface area contributed by atoms with E-state index in [0.29, 0.717) is 56.6 Å². The SMILES string of the molecule is CCOc1nc2ccc(C(=O)N3CCOCC3)cc2n1Cc1ccc(C(=O)OC)cc1. The summed E-state index contributed by atoms with van der Waals surface area (Å²) in [7, 11) is 1.36. The number of rotatable bonds is 6. The number of amides is 1. The molecule has 0 aliphatic carbocycles. The average molecular weight is 423 g/mol. The Balaban J connectivity index is 1.67. The van der Waals surface area contributed by atoms with Gasteiger partial charge in [0, 0.05) is 18.7 Å². The van der Waals surface area contributed by atoms with Crippen molar-refractivity contribution in [2.45, 2.75) is 13.5 Å². The molecule has 1 fully saturated rings. The van der Waals surface area contributed by atoms with Crippen LogP contribution in [0.1, 0.15) is 33.2 Å². The fourth-order valence-corrected chi connectivity index (χ4v) is 3.62. The number of morpholine rings is 1. The molecule has 31 heavy (non-hydrogen) atoms. The van der Waals surface area contributed by atoms with Gasteiger partial charge in [0.15, 0.2) is 0 Å². The van der Waals surface area contributed by atoms with Crippen molar-refractivity contribution in [2.75, 3.05) is 40.0 Å². The van der Waals surface area contributed by atoms with Gasteiger partial charge in [-0.05, 0) is 42.8 Å². The normalized spacial score (nSPS) is 13.9. The van der Waals surface area contributed by atoms with Crippen molar-refractivity contribution >= 4 is 22.9 Å². The third-order valence-electron chi connectivity index (χ3n) is 5.25. The van der Waals surface area contributed by atoms with E-state index < -0.39 is 0 Å². The van der Waals surface area contributed by atoms with Crippen LogP contribution in [0.15, 0.2) is 42.5 Å². The maximum Gasteiger partial charge on any atom is 0.337 e. The Morgan fingerprint density at radius 1 is 1.06 bits per heavy atom. The second-order valence-electron chi connectivity index (χ2n) is 7.21. The molecule has 1 aliphatic rings. The van der Waals surface area contributed by atoms with Crippen LogP contribution >= 0.6 is 0 Å². The molecular formula is C23H25N3O5. The molecule has 1 saturated heterocycles. The number of carbonyl (C=O) groups is 2. The molecule has 0 atom stereocenters. The number of fused-ring (bicyclic) bond motifs is 1. The van der Waals surface area contributed by atoms with Crippen molar-refractivity contribution in [1.29, 1.82) is 0 Å². The summed E-state index contributed by atoms with van der Waals surface area (Å²) in [5.74, 6) is -0.390. The fourth-order valence-electron chi connectivity index (χ4n) is 3.62. The van der Waals surface area contributed by atoms with E-state index in [4.69, 9.17) is 14.2 Å². The number of carbonyl (C=O) groups excluding carboxylic acids is 2. The maximum atomic E-state index is 12.9. The molecule has 2 heterocycles. The fraction of sp³-hybridized carbons (Fsp3) is 0.348. The molecule has 0 unspecified atom stereocenters. The van der Waals surface area contributed by atoms with Gasteiger partial charge in [-0.3, -0.25) is 9.36 Å². The molecule has 162 valence electrons. The molecule has 1 amide bonds. The smallest absolute Gasteiger partial charge is 0.337 e. The minimum Gasteiger partial charge on any atom is -0.465 e. The summed E-state index contributed by atoms with van der Waals surface area (Å²) in [5.41, 5.74) is 3.65. The molecule has 0 bridgehead atoms. The third-order valence-corrected chi connectivity index (χ3v) is 5.25. The predicted molar refractivity (Wildman–Crippen MR) is 115 cm³/mol. The molecule has 0 N–H and O–H groups in total. The first kappa shape index (κ1) is 20.9. The highest BCUT2D eigenvalue weighted by molar-refractivity contribution is 5.97. The van der Waals surface area contributed by atoms with Crippen molar-refractivity contribution < 1.29 is 23.8 Å². The predicted octanol–water partition coefficient (Wildman–Crippen LogP) is 2.74. The summed E-state index contributed by atoms with van der Waals surface area (Å²) >= 11 is 0. The van der Waals surface area contributed by atoms with Crippen molar-refractivity contribution in [3.05, 3.63) is 59.2 Å². The number of hydrogen-bond acceptors (Lipinski definition) is 6. The van der Waals surface area contributed by atoms with Crippen LogP contribution in [-0.4, -0.2) is 66.3 Å². The van der Waals surface area contributed by atoms with E-state index in [1.165, 1.54) is 7.11 Å². The highest BCUT2D eigenvalue weighted by atomic mass is 16.5. The molecule has 0 saturated carbocycles. The zero-order valence-corrected chi connectivity index (χ0v) is 17.7. The second kappa shape index (κ2) is 9.18. The summed E-state index contributed by atoms with van der Waals surface area (Å²) < 4.78 is 17.8. The van der Waals surface area contributed by atoms with Gasteiger partial charge in [0.25, 0.3) is 11.9 Å². The number of imidazole rings is 1. The van der Waals surface area contributed by atoms with Gasteiger partial charge >= 0.3 is 5.97 Å². The monoisotopic (exact) mass is 423 g/mol. The maximum absolute atomic E-state index is 12.9. The van der Waals surface area contributed by atoms with Gasteiger partial charge < -0.3 is 19.1 Å². The van der Waals surface area contributed by atoms with Crippen LogP contribution < -0.4 is 4.74 Å². The Kier molecular flexibility index (Phi) is 6.18. The topological polar surface area (TPSA) is 82.9 Å². The Morgan fingerprint density at radius 3 is 2.45 bits per heavy atom. The lowest BCUT2D eigenvalue weighted by atomic mass is 10.1. The molecule has 8 nitrogen and oxygen atoms in total. The minimum absolute atomic E-state index is 0.0154. The van der Waals surface area contributed by atoms with E-state index >= 15 is 0 Å². The quantitative estimate of drug-likeness (QED) is 0.567. The second-order valence-corrected chi connectivity index (χ2v) is 7.21. The summed E-state index contributed by atoms with van der Waals surface area (Å²) in [4.78, 5) is 31.0. The number of aromatic nitrogens is 2. The summed E-state index contributed by atoms with van der Waals surface area (Å²) in [6, 6.07) is 13.2. The average Bonchev–Trinajstić information content (AvgIpc) is 3.15. The van der Waals surface area contributed by atoms with Gasteiger partial charge in [-0.2, -0.15) is 4.98 Å². The van der Waals surface area contributed by atoms with Gasteiger partial charge in [-0.1, -0.05) is 12.1 Å². The van der Waals surface area contributed by atoms with Gasteiger partial charge in [0.2, 0.25) is 0 Å². The molecule has 3 aromatic rings. The Labute approximate surface area is 180 Å². The largest absolute Gasteiger partial charge is 0.465 e. The van der Waals surface area contributed by atoms with Crippen LogP contribution in [0.4, 0.5) is 0 Å². The number of esters is 1. The number of ether oxygens (including phenoxy) is 3. The zero-order chi connectivity index (χ0) is 21.8. The van der Waals surface area contributed by atoms with E-state index in [9.17, 15) is 9.59 Å². The van der Waals surface area contributed by atoms with Crippen LogP contribution in [-0.2, 0) is 16.0 Å². The van der Waals surface area contributed by atoms with Crippen molar-refractivity contribution in [2.24, 2.45) is 0 Å². The van der Waals surface area contributed by atoms with Crippen LogP contribution in [0, 0.1) is 0 Å². The van der Waals surface area contributed by atoms with Gasteiger partial charge in [0.1, 0.15) is 0 Å². The first-order valence-corrected chi connectivity index (χ1v) is 10.3. The lowest BCUT2D eigenvalue weighted by Crippen LogP contribution is -2.40. The highest BCUT2D eigenvalue weighted by Crippen LogP contribution is 2.25. The molecular weight excluding hydrogens is 398 g/mol. The molecule has 8 heteroatoms. The molecule has 1 aromatic heterocycles. The van der Waals surface area contributed by atoms with Crippen LogP contribution in [0.25, 0.3) is 11.0 Å². The lowest BCUT2D eigenvalue weighted by Gasteiger charge is -2.26. The van der Waals surface area contributed by atoms with Crippen LogP contribution in [0.2, 0.25) is 0 Å². The highest BCUT2D eigenvalue weighted by Gasteiger charge is 2.21. The first-order chi connectivity index (χ1) is 15.1. The van der Waals surface area contributed by atoms with E-state index in [0.717, 1.165) is 16.6 Å². The van der Waals surface area contributed by atoms with Crippen LogP contribution in [0.3, 0.4) is 0 Å². The molecule has 2 aromatic carbocycles. The Hall–Kier alpha value is -3.39. The van der Waals surface area contributed by atoms with Gasteiger partial charge in [-0.25, -0.2) is 4.79 Å². The number of hydrogen-bond donors (Lipinski definition) is 0. The molecule has 4 rings (SSSR count). The van der Waals surface area contributed by atoms with E-state index in [1.807, 2.05) is 35.8 Å². The first-order valence-electron chi connectivity index (χ1n) is 10.3. The summed E-state index contributed by atoms with van der Waals surface area (Å²) in [6.45, 7) is 5.17.